The number of nitrogens with zero attached hydrogens (tertiary/aromatic N) is 1. The zero-order valence-electron chi connectivity index (χ0n) is 11.9. The molecule has 2 N–H and O–H groups in total. The van der Waals surface area contributed by atoms with Crippen molar-refractivity contribution < 1.29 is 0 Å². The van der Waals surface area contributed by atoms with Crippen LogP contribution >= 0.6 is 11.8 Å². The number of fused-ring (bicyclic) bond motifs is 1. The van der Waals surface area contributed by atoms with Crippen molar-refractivity contribution in [1.82, 2.24) is 4.98 Å². The summed E-state index contributed by atoms with van der Waals surface area (Å²) in [5, 5.41) is 2.93. The molecule has 2 atom stereocenters. The van der Waals surface area contributed by atoms with Crippen LogP contribution in [-0.2, 0) is 6.42 Å². The summed E-state index contributed by atoms with van der Waals surface area (Å²) in [6.07, 6.45) is 2.04. The van der Waals surface area contributed by atoms with Gasteiger partial charge in [-0.3, -0.25) is 0 Å². The van der Waals surface area contributed by atoms with Crippen molar-refractivity contribution in [3.8, 4) is 0 Å². The minimum atomic E-state index is 0.166. The number of para-hydroxylation sites is 1. The quantitative estimate of drug-likeness (QED) is 0.837. The third kappa shape index (κ3) is 3.71. The summed E-state index contributed by atoms with van der Waals surface area (Å²) < 4.78 is 0. The maximum absolute atomic E-state index is 5.96. The van der Waals surface area contributed by atoms with Crippen molar-refractivity contribution in [2.75, 3.05) is 0 Å². The lowest BCUT2D eigenvalue weighted by Crippen LogP contribution is -2.18. The van der Waals surface area contributed by atoms with E-state index in [0.29, 0.717) is 5.25 Å². The number of aromatic nitrogens is 1. The molecule has 2 nitrogen and oxygen atoms in total. The Hall–Kier alpha value is -1.06. The van der Waals surface area contributed by atoms with Crippen molar-refractivity contribution in [3.63, 3.8) is 0 Å². The fraction of sp³-hybridized carbons (Fsp3) is 0.438. The first-order valence-corrected chi connectivity index (χ1v) is 7.79. The number of hydrogen-bond acceptors (Lipinski definition) is 3. The van der Waals surface area contributed by atoms with Gasteiger partial charge in [0.1, 0.15) is 5.03 Å². The molecule has 0 saturated heterocycles. The lowest BCUT2D eigenvalue weighted by molar-refractivity contribution is 0.724. The van der Waals surface area contributed by atoms with Gasteiger partial charge in [-0.05, 0) is 37.5 Å². The highest BCUT2D eigenvalue weighted by Crippen LogP contribution is 2.29. The fourth-order valence-electron chi connectivity index (χ4n) is 2.01. The first-order chi connectivity index (χ1) is 9.10. The molecule has 1 aromatic heterocycles. The van der Waals surface area contributed by atoms with Gasteiger partial charge < -0.3 is 5.73 Å². The highest BCUT2D eigenvalue weighted by atomic mass is 32.2. The number of benzene rings is 1. The van der Waals surface area contributed by atoms with Crippen molar-refractivity contribution >= 4 is 22.7 Å². The monoisotopic (exact) mass is 274 g/mol. The summed E-state index contributed by atoms with van der Waals surface area (Å²) in [6, 6.07) is 10.7. The number of pyridine rings is 1. The van der Waals surface area contributed by atoms with Crippen molar-refractivity contribution in [3.05, 3.63) is 35.9 Å². The zero-order chi connectivity index (χ0) is 13.8. The van der Waals surface area contributed by atoms with Gasteiger partial charge in [-0.25, -0.2) is 4.98 Å². The number of nitrogens with two attached hydrogens (primary N) is 1. The van der Waals surface area contributed by atoms with Gasteiger partial charge in [0, 0.05) is 16.7 Å². The highest BCUT2D eigenvalue weighted by Gasteiger charge is 2.12. The molecule has 0 spiro atoms. The maximum Gasteiger partial charge on any atom is 0.100 e. The first-order valence-electron chi connectivity index (χ1n) is 6.91. The predicted molar refractivity (Wildman–Crippen MR) is 84.7 cm³/mol. The first kappa shape index (κ1) is 14.4. The van der Waals surface area contributed by atoms with E-state index >= 15 is 0 Å². The molecular weight excluding hydrogens is 252 g/mol. The Labute approximate surface area is 119 Å². The minimum absolute atomic E-state index is 0.166. The third-order valence-electron chi connectivity index (χ3n) is 3.19. The summed E-state index contributed by atoms with van der Waals surface area (Å²) in [4.78, 5) is 4.82. The van der Waals surface area contributed by atoms with E-state index in [9.17, 15) is 0 Å². The lowest BCUT2D eigenvalue weighted by Gasteiger charge is -2.14. The van der Waals surface area contributed by atoms with Crippen molar-refractivity contribution in [2.45, 2.75) is 49.9 Å². The van der Waals surface area contributed by atoms with Gasteiger partial charge in [0.2, 0.25) is 0 Å². The molecule has 0 bridgehead atoms. The molecule has 2 rings (SSSR count). The molecule has 1 aromatic carbocycles. The standard InChI is InChI=1S/C16H22N2S/c1-4-12(3)19-16-14(9-11(2)17)10-13-7-5-6-8-15(13)18-16/h5-8,10-12H,4,9,17H2,1-3H3. The van der Waals surface area contributed by atoms with Crippen LogP contribution < -0.4 is 5.73 Å². The van der Waals surface area contributed by atoms with E-state index in [2.05, 4.69) is 38.1 Å². The Bertz CT molecular complexity index is 551. The second-order valence-corrected chi connectivity index (χ2v) is 6.59. The average Bonchev–Trinajstić information content (AvgIpc) is 2.38. The molecule has 0 radical (unpaired) electrons. The summed E-state index contributed by atoms with van der Waals surface area (Å²) >= 11 is 1.86. The Morgan fingerprint density at radius 2 is 2.00 bits per heavy atom. The average molecular weight is 274 g/mol. The molecule has 0 aliphatic rings. The molecule has 0 fully saturated rings. The van der Waals surface area contributed by atoms with Crippen LogP contribution in [0.5, 0.6) is 0 Å². The molecule has 1 heterocycles. The summed E-state index contributed by atoms with van der Waals surface area (Å²) in [7, 11) is 0. The molecule has 3 heteroatoms. The van der Waals surface area contributed by atoms with Gasteiger partial charge in [-0.2, -0.15) is 0 Å². The maximum atomic E-state index is 5.96. The normalized spacial score (nSPS) is 14.5. The van der Waals surface area contributed by atoms with Crippen LogP contribution in [0.3, 0.4) is 0 Å². The van der Waals surface area contributed by atoms with E-state index in [0.717, 1.165) is 23.4 Å². The fourth-order valence-corrected chi connectivity index (χ4v) is 3.00. The summed E-state index contributed by atoms with van der Waals surface area (Å²) in [5.74, 6) is 0. The van der Waals surface area contributed by atoms with Gasteiger partial charge in [0.05, 0.1) is 5.52 Å². The van der Waals surface area contributed by atoms with Crippen LogP contribution in [0, 0.1) is 0 Å². The minimum Gasteiger partial charge on any atom is -0.328 e. The SMILES string of the molecule is CCC(C)Sc1nc2ccccc2cc1CC(C)N. The predicted octanol–water partition coefficient (Wildman–Crippen LogP) is 4.02. The van der Waals surface area contributed by atoms with Crippen LogP contribution in [0.15, 0.2) is 35.4 Å². The number of hydrogen-bond donors (Lipinski definition) is 1. The van der Waals surface area contributed by atoms with E-state index in [4.69, 9.17) is 10.7 Å². The molecule has 2 unspecified atom stereocenters. The number of rotatable bonds is 5. The Balaban J connectivity index is 2.44. The highest BCUT2D eigenvalue weighted by molar-refractivity contribution is 7.99. The van der Waals surface area contributed by atoms with Crippen molar-refractivity contribution in [1.29, 1.82) is 0 Å². The van der Waals surface area contributed by atoms with Crippen LogP contribution in [0.1, 0.15) is 32.8 Å². The Morgan fingerprint density at radius 1 is 1.26 bits per heavy atom. The van der Waals surface area contributed by atoms with Gasteiger partial charge in [-0.1, -0.05) is 32.0 Å². The van der Waals surface area contributed by atoms with E-state index in [1.165, 1.54) is 10.9 Å². The second kappa shape index (κ2) is 6.40. The lowest BCUT2D eigenvalue weighted by atomic mass is 10.1. The van der Waals surface area contributed by atoms with Gasteiger partial charge in [0.15, 0.2) is 0 Å². The van der Waals surface area contributed by atoms with Crippen molar-refractivity contribution in [2.24, 2.45) is 5.73 Å². The van der Waals surface area contributed by atoms with Crippen LogP contribution in [0.2, 0.25) is 0 Å². The molecule has 0 amide bonds. The molecule has 0 saturated carbocycles. The topological polar surface area (TPSA) is 38.9 Å². The summed E-state index contributed by atoms with van der Waals surface area (Å²) in [5.41, 5.74) is 8.31. The molecule has 0 aliphatic carbocycles. The molecule has 0 aliphatic heterocycles. The molecule has 102 valence electrons. The van der Waals surface area contributed by atoms with Gasteiger partial charge in [-0.15, -0.1) is 11.8 Å². The smallest absolute Gasteiger partial charge is 0.100 e. The van der Waals surface area contributed by atoms with E-state index in [1.807, 2.05) is 24.8 Å². The van der Waals surface area contributed by atoms with Crippen LogP contribution in [0.4, 0.5) is 0 Å². The van der Waals surface area contributed by atoms with Crippen LogP contribution in [-0.4, -0.2) is 16.3 Å². The number of thioether (sulfide) groups is 1. The molecule has 2 aromatic rings. The largest absolute Gasteiger partial charge is 0.328 e. The Kier molecular flexibility index (Phi) is 4.83. The van der Waals surface area contributed by atoms with Gasteiger partial charge in [0.25, 0.3) is 0 Å². The summed E-state index contributed by atoms with van der Waals surface area (Å²) in [6.45, 7) is 6.51. The molecule has 19 heavy (non-hydrogen) atoms. The molecular formula is C16H22N2S. The van der Waals surface area contributed by atoms with E-state index < -0.39 is 0 Å². The van der Waals surface area contributed by atoms with E-state index in [-0.39, 0.29) is 6.04 Å². The van der Waals surface area contributed by atoms with E-state index in [1.54, 1.807) is 0 Å². The zero-order valence-corrected chi connectivity index (χ0v) is 12.7. The van der Waals surface area contributed by atoms with Crippen LogP contribution in [0.25, 0.3) is 10.9 Å². The second-order valence-electron chi connectivity index (χ2n) is 5.16. The van der Waals surface area contributed by atoms with Gasteiger partial charge >= 0.3 is 0 Å². The Morgan fingerprint density at radius 3 is 2.68 bits per heavy atom. The third-order valence-corrected chi connectivity index (χ3v) is 4.51.